The zero-order valence-corrected chi connectivity index (χ0v) is 12.7. The van der Waals surface area contributed by atoms with Crippen molar-refractivity contribution in [2.45, 2.75) is 39.2 Å². The number of amides is 1. The monoisotopic (exact) mass is 285 g/mol. The smallest absolute Gasteiger partial charge is 0.308 e. The fourth-order valence-corrected chi connectivity index (χ4v) is 2.46. The van der Waals surface area contributed by atoms with E-state index in [1.54, 1.807) is 0 Å². The summed E-state index contributed by atoms with van der Waals surface area (Å²) in [5.74, 6) is -1.43. The van der Waals surface area contributed by atoms with E-state index in [1.165, 1.54) is 0 Å². The Hall–Kier alpha value is -1.14. The van der Waals surface area contributed by atoms with Gasteiger partial charge in [-0.25, -0.2) is 0 Å². The summed E-state index contributed by atoms with van der Waals surface area (Å²) in [6.07, 6.45) is 1.39. The Morgan fingerprint density at radius 2 is 1.95 bits per heavy atom. The lowest BCUT2D eigenvalue weighted by molar-refractivity contribution is -0.142. The first kappa shape index (κ1) is 16.9. The number of hydrogen-bond donors (Lipinski definition) is 3. The molecule has 1 fully saturated rings. The number of piperazine rings is 1. The van der Waals surface area contributed by atoms with Crippen LogP contribution in [0.25, 0.3) is 0 Å². The summed E-state index contributed by atoms with van der Waals surface area (Å²) in [5.41, 5.74) is -0.600. The minimum Gasteiger partial charge on any atom is -0.481 e. The largest absolute Gasteiger partial charge is 0.481 e. The quantitative estimate of drug-likeness (QED) is 0.626. The molecule has 1 saturated heterocycles. The first-order valence-electron chi connectivity index (χ1n) is 7.36. The van der Waals surface area contributed by atoms with Crippen molar-refractivity contribution < 1.29 is 14.7 Å². The average Bonchev–Trinajstić information content (AvgIpc) is 2.43. The molecule has 1 aliphatic rings. The SMILES string of the molecule is CCCC(CNC(=O)C(C)(C)N1CCNCC1)C(=O)O. The number of carbonyl (C=O) groups is 2. The summed E-state index contributed by atoms with van der Waals surface area (Å²) < 4.78 is 0. The van der Waals surface area contributed by atoms with Crippen LogP contribution in [-0.2, 0) is 9.59 Å². The molecule has 0 bridgehead atoms. The molecular formula is C14H27N3O3. The van der Waals surface area contributed by atoms with Crippen molar-refractivity contribution in [3.05, 3.63) is 0 Å². The molecule has 6 heteroatoms. The Morgan fingerprint density at radius 1 is 1.35 bits per heavy atom. The predicted molar refractivity (Wildman–Crippen MR) is 77.6 cm³/mol. The maximum atomic E-state index is 12.3. The maximum absolute atomic E-state index is 12.3. The Morgan fingerprint density at radius 3 is 2.45 bits per heavy atom. The number of carboxylic acid groups (broad SMARTS) is 1. The van der Waals surface area contributed by atoms with Crippen molar-refractivity contribution in [1.29, 1.82) is 0 Å². The molecule has 0 saturated carbocycles. The van der Waals surface area contributed by atoms with Gasteiger partial charge < -0.3 is 15.7 Å². The zero-order chi connectivity index (χ0) is 15.2. The fraction of sp³-hybridized carbons (Fsp3) is 0.857. The van der Waals surface area contributed by atoms with Crippen LogP contribution < -0.4 is 10.6 Å². The van der Waals surface area contributed by atoms with E-state index < -0.39 is 17.4 Å². The van der Waals surface area contributed by atoms with Gasteiger partial charge in [0.15, 0.2) is 0 Å². The lowest BCUT2D eigenvalue weighted by Crippen LogP contribution is -2.60. The van der Waals surface area contributed by atoms with Gasteiger partial charge in [0.05, 0.1) is 11.5 Å². The molecule has 1 amide bonds. The summed E-state index contributed by atoms with van der Waals surface area (Å²) in [4.78, 5) is 25.5. The summed E-state index contributed by atoms with van der Waals surface area (Å²) >= 11 is 0. The predicted octanol–water partition coefficient (Wildman–Crippen LogP) is 0.287. The molecule has 1 aliphatic heterocycles. The van der Waals surface area contributed by atoms with Crippen LogP contribution in [0.4, 0.5) is 0 Å². The molecule has 1 unspecified atom stereocenters. The van der Waals surface area contributed by atoms with Gasteiger partial charge in [-0.05, 0) is 20.3 Å². The van der Waals surface area contributed by atoms with Crippen LogP contribution in [0.3, 0.4) is 0 Å². The normalized spacial score (nSPS) is 18.6. The van der Waals surface area contributed by atoms with Crippen LogP contribution in [0, 0.1) is 5.92 Å². The number of aliphatic carboxylic acids is 1. The van der Waals surface area contributed by atoms with E-state index in [1.807, 2.05) is 20.8 Å². The van der Waals surface area contributed by atoms with Crippen molar-refractivity contribution in [1.82, 2.24) is 15.5 Å². The van der Waals surface area contributed by atoms with Gasteiger partial charge in [0.25, 0.3) is 0 Å². The van der Waals surface area contributed by atoms with Gasteiger partial charge in [-0.15, -0.1) is 0 Å². The highest BCUT2D eigenvalue weighted by Gasteiger charge is 2.35. The Kier molecular flexibility index (Phi) is 6.42. The van der Waals surface area contributed by atoms with Crippen molar-refractivity contribution in [2.75, 3.05) is 32.7 Å². The first-order chi connectivity index (χ1) is 9.39. The summed E-state index contributed by atoms with van der Waals surface area (Å²) in [6.45, 7) is 9.36. The number of rotatable bonds is 7. The molecule has 3 N–H and O–H groups in total. The third kappa shape index (κ3) is 4.45. The van der Waals surface area contributed by atoms with Crippen LogP contribution in [0.5, 0.6) is 0 Å². The molecule has 1 rings (SSSR count). The third-order valence-corrected chi connectivity index (χ3v) is 3.96. The zero-order valence-electron chi connectivity index (χ0n) is 12.7. The average molecular weight is 285 g/mol. The fourth-order valence-electron chi connectivity index (χ4n) is 2.46. The maximum Gasteiger partial charge on any atom is 0.308 e. The van der Waals surface area contributed by atoms with Crippen molar-refractivity contribution in [2.24, 2.45) is 5.92 Å². The van der Waals surface area contributed by atoms with E-state index in [2.05, 4.69) is 15.5 Å². The van der Waals surface area contributed by atoms with Gasteiger partial charge in [-0.3, -0.25) is 14.5 Å². The summed E-state index contributed by atoms with van der Waals surface area (Å²) in [7, 11) is 0. The van der Waals surface area contributed by atoms with E-state index in [-0.39, 0.29) is 12.5 Å². The molecule has 6 nitrogen and oxygen atoms in total. The molecule has 1 heterocycles. The highest BCUT2D eigenvalue weighted by atomic mass is 16.4. The van der Waals surface area contributed by atoms with Crippen LogP contribution in [0.1, 0.15) is 33.6 Å². The molecule has 0 aromatic rings. The molecular weight excluding hydrogens is 258 g/mol. The summed E-state index contributed by atoms with van der Waals surface area (Å²) in [6, 6.07) is 0. The standard InChI is InChI=1S/C14H27N3O3/c1-4-5-11(12(18)19)10-16-13(20)14(2,3)17-8-6-15-7-9-17/h11,15H,4-10H2,1-3H3,(H,16,20)(H,18,19). The Balaban J connectivity index is 2.53. The highest BCUT2D eigenvalue weighted by Crippen LogP contribution is 2.15. The minimum absolute atomic E-state index is 0.0956. The van der Waals surface area contributed by atoms with Gasteiger partial charge >= 0.3 is 5.97 Å². The second-order valence-electron chi connectivity index (χ2n) is 5.83. The van der Waals surface area contributed by atoms with Gasteiger partial charge in [-0.1, -0.05) is 13.3 Å². The highest BCUT2D eigenvalue weighted by molar-refractivity contribution is 5.85. The van der Waals surface area contributed by atoms with Crippen molar-refractivity contribution >= 4 is 11.9 Å². The molecule has 0 spiro atoms. The number of nitrogens with one attached hydrogen (secondary N) is 2. The van der Waals surface area contributed by atoms with E-state index in [4.69, 9.17) is 5.11 Å². The number of carboxylic acids is 1. The molecule has 1 atom stereocenters. The van der Waals surface area contributed by atoms with E-state index in [0.717, 1.165) is 32.6 Å². The van der Waals surface area contributed by atoms with E-state index in [9.17, 15) is 9.59 Å². The van der Waals surface area contributed by atoms with Gasteiger partial charge in [-0.2, -0.15) is 0 Å². The minimum atomic E-state index is -0.841. The summed E-state index contributed by atoms with van der Waals surface area (Å²) in [5, 5.41) is 15.2. The molecule has 0 aliphatic carbocycles. The van der Waals surface area contributed by atoms with Crippen LogP contribution in [-0.4, -0.2) is 60.1 Å². The molecule has 0 radical (unpaired) electrons. The lowest BCUT2D eigenvalue weighted by Gasteiger charge is -2.39. The second kappa shape index (κ2) is 7.59. The molecule has 0 aromatic carbocycles. The van der Waals surface area contributed by atoms with E-state index >= 15 is 0 Å². The Bertz CT molecular complexity index is 339. The first-order valence-corrected chi connectivity index (χ1v) is 7.36. The van der Waals surface area contributed by atoms with Gasteiger partial charge in [0.1, 0.15) is 0 Å². The molecule has 0 aromatic heterocycles. The number of nitrogens with zero attached hydrogens (tertiary/aromatic N) is 1. The molecule has 20 heavy (non-hydrogen) atoms. The number of hydrogen-bond acceptors (Lipinski definition) is 4. The van der Waals surface area contributed by atoms with Gasteiger partial charge in [0, 0.05) is 32.7 Å². The van der Waals surface area contributed by atoms with Crippen LogP contribution >= 0.6 is 0 Å². The van der Waals surface area contributed by atoms with Crippen molar-refractivity contribution in [3.8, 4) is 0 Å². The second-order valence-corrected chi connectivity index (χ2v) is 5.83. The molecule has 116 valence electrons. The number of carbonyl (C=O) groups excluding carboxylic acids is 1. The third-order valence-electron chi connectivity index (χ3n) is 3.96. The van der Waals surface area contributed by atoms with Crippen molar-refractivity contribution in [3.63, 3.8) is 0 Å². The van der Waals surface area contributed by atoms with Gasteiger partial charge in [0.2, 0.25) is 5.91 Å². The Labute approximate surface area is 120 Å². The topological polar surface area (TPSA) is 81.7 Å². The van der Waals surface area contributed by atoms with Crippen LogP contribution in [0.2, 0.25) is 0 Å². The lowest BCUT2D eigenvalue weighted by atomic mass is 9.99. The van der Waals surface area contributed by atoms with E-state index in [0.29, 0.717) is 6.42 Å². The van der Waals surface area contributed by atoms with Crippen LogP contribution in [0.15, 0.2) is 0 Å².